The van der Waals surface area contributed by atoms with Crippen molar-refractivity contribution in [2.45, 2.75) is 13.5 Å². The quantitative estimate of drug-likeness (QED) is 0.729. The van der Waals surface area contributed by atoms with E-state index in [9.17, 15) is 0 Å². The fourth-order valence-corrected chi connectivity index (χ4v) is 2.52. The molecule has 0 aromatic heterocycles. The van der Waals surface area contributed by atoms with E-state index in [0.29, 0.717) is 6.61 Å². The van der Waals surface area contributed by atoms with E-state index in [-0.39, 0.29) is 0 Å². The van der Waals surface area contributed by atoms with E-state index in [1.807, 2.05) is 54.6 Å². The minimum absolute atomic E-state index is 0.533. The van der Waals surface area contributed by atoms with Crippen molar-refractivity contribution in [3.05, 3.63) is 65.7 Å². The second-order valence-corrected chi connectivity index (χ2v) is 5.31. The Balaban J connectivity index is 1.81. The molecule has 0 atom stereocenters. The van der Waals surface area contributed by atoms with Crippen molar-refractivity contribution in [3.8, 4) is 11.5 Å². The third-order valence-electron chi connectivity index (χ3n) is 3.82. The summed E-state index contributed by atoms with van der Waals surface area (Å²) in [5.74, 6) is 1.75. The average molecular weight is 293 g/mol. The lowest BCUT2D eigenvalue weighted by molar-refractivity contribution is 0.304. The number of nitrogen functional groups attached to an aromatic ring is 1. The third-order valence-corrected chi connectivity index (χ3v) is 3.82. The summed E-state index contributed by atoms with van der Waals surface area (Å²) >= 11 is 0. The molecule has 0 spiro atoms. The zero-order chi connectivity index (χ0) is 15.5. The highest BCUT2D eigenvalue weighted by Crippen LogP contribution is 2.29. The molecule has 3 nitrogen and oxygen atoms in total. The molecule has 0 saturated heterocycles. The third kappa shape index (κ3) is 2.84. The highest BCUT2D eigenvalue weighted by Gasteiger charge is 2.05. The molecule has 0 saturated carbocycles. The van der Waals surface area contributed by atoms with Crippen molar-refractivity contribution >= 4 is 16.5 Å². The fraction of sp³-hybridized carbons (Fsp3) is 0.158. The van der Waals surface area contributed by atoms with E-state index in [2.05, 4.69) is 6.92 Å². The van der Waals surface area contributed by atoms with Gasteiger partial charge < -0.3 is 15.2 Å². The van der Waals surface area contributed by atoms with Crippen LogP contribution < -0.4 is 15.2 Å². The largest absolute Gasteiger partial charge is 0.497 e. The highest BCUT2D eigenvalue weighted by molar-refractivity contribution is 5.89. The molecule has 112 valence electrons. The first kappa shape index (κ1) is 14.3. The molecule has 0 aliphatic rings. The minimum Gasteiger partial charge on any atom is -0.497 e. The summed E-state index contributed by atoms with van der Waals surface area (Å²) in [6.07, 6.45) is 0. The van der Waals surface area contributed by atoms with E-state index in [0.717, 1.165) is 33.7 Å². The van der Waals surface area contributed by atoms with Crippen LogP contribution in [-0.4, -0.2) is 7.11 Å². The molecule has 0 radical (unpaired) electrons. The number of anilines is 1. The molecule has 3 aromatic carbocycles. The van der Waals surface area contributed by atoms with Crippen LogP contribution in [0, 0.1) is 6.92 Å². The number of hydrogen-bond acceptors (Lipinski definition) is 3. The van der Waals surface area contributed by atoms with Gasteiger partial charge in [0.2, 0.25) is 0 Å². The number of benzene rings is 3. The van der Waals surface area contributed by atoms with Crippen molar-refractivity contribution < 1.29 is 9.47 Å². The molecule has 0 bridgehead atoms. The van der Waals surface area contributed by atoms with Crippen molar-refractivity contribution in [1.82, 2.24) is 0 Å². The van der Waals surface area contributed by atoms with Gasteiger partial charge in [0.1, 0.15) is 18.1 Å². The highest BCUT2D eigenvalue weighted by atomic mass is 16.5. The Hall–Kier alpha value is -2.68. The van der Waals surface area contributed by atoms with Crippen molar-refractivity contribution in [2.75, 3.05) is 12.8 Å². The number of nitrogens with two attached hydrogens (primary N) is 1. The summed E-state index contributed by atoms with van der Waals surface area (Å²) in [5.41, 5.74) is 8.84. The number of ether oxygens (including phenoxy) is 2. The lowest BCUT2D eigenvalue weighted by Gasteiger charge is -2.12. The number of hydrogen-bond donors (Lipinski definition) is 1. The topological polar surface area (TPSA) is 44.5 Å². The van der Waals surface area contributed by atoms with Gasteiger partial charge in [0.05, 0.1) is 7.11 Å². The average Bonchev–Trinajstić information content (AvgIpc) is 2.54. The molecule has 22 heavy (non-hydrogen) atoms. The number of rotatable bonds is 4. The van der Waals surface area contributed by atoms with Gasteiger partial charge in [-0.15, -0.1) is 0 Å². The Morgan fingerprint density at radius 1 is 0.955 bits per heavy atom. The first-order chi connectivity index (χ1) is 10.7. The molecule has 3 heteroatoms. The van der Waals surface area contributed by atoms with Gasteiger partial charge in [-0.2, -0.15) is 0 Å². The molecule has 3 rings (SSSR count). The Labute approximate surface area is 130 Å². The van der Waals surface area contributed by atoms with Crippen LogP contribution in [0.15, 0.2) is 54.6 Å². The van der Waals surface area contributed by atoms with Crippen LogP contribution in [0.2, 0.25) is 0 Å². The molecule has 0 unspecified atom stereocenters. The Kier molecular flexibility index (Phi) is 3.88. The summed E-state index contributed by atoms with van der Waals surface area (Å²) in [5, 5.41) is 2.30. The van der Waals surface area contributed by atoms with Gasteiger partial charge in [0.25, 0.3) is 0 Å². The number of methoxy groups -OCH3 is 1. The van der Waals surface area contributed by atoms with Crippen molar-refractivity contribution in [2.24, 2.45) is 0 Å². The van der Waals surface area contributed by atoms with Crippen LogP contribution in [0.25, 0.3) is 10.8 Å². The van der Waals surface area contributed by atoms with E-state index in [1.165, 1.54) is 5.39 Å². The first-order valence-corrected chi connectivity index (χ1v) is 7.22. The molecule has 0 fully saturated rings. The van der Waals surface area contributed by atoms with Crippen molar-refractivity contribution in [1.29, 1.82) is 0 Å². The SMILES string of the molecule is COc1ccc(COc2ccc3cc(N)ccc3c2C)cc1. The zero-order valence-corrected chi connectivity index (χ0v) is 12.8. The fourth-order valence-electron chi connectivity index (χ4n) is 2.52. The maximum Gasteiger partial charge on any atom is 0.123 e. The lowest BCUT2D eigenvalue weighted by Crippen LogP contribution is -1.97. The summed E-state index contributed by atoms with van der Waals surface area (Å²) in [6, 6.07) is 17.9. The van der Waals surface area contributed by atoms with E-state index >= 15 is 0 Å². The molecule has 2 N–H and O–H groups in total. The number of fused-ring (bicyclic) bond motifs is 1. The monoisotopic (exact) mass is 293 g/mol. The molecule has 0 aliphatic carbocycles. The molecular weight excluding hydrogens is 274 g/mol. The smallest absolute Gasteiger partial charge is 0.123 e. The summed E-state index contributed by atoms with van der Waals surface area (Å²) in [6.45, 7) is 2.60. The Morgan fingerprint density at radius 3 is 2.45 bits per heavy atom. The standard InChI is InChI=1S/C19H19NO2/c1-13-18-9-6-16(20)11-15(18)5-10-19(13)22-12-14-3-7-17(21-2)8-4-14/h3-11H,12,20H2,1-2H3. The first-order valence-electron chi connectivity index (χ1n) is 7.22. The van der Waals surface area contributed by atoms with Gasteiger partial charge in [0.15, 0.2) is 0 Å². The zero-order valence-electron chi connectivity index (χ0n) is 12.8. The summed E-state index contributed by atoms with van der Waals surface area (Å²) < 4.78 is 11.1. The molecule has 0 heterocycles. The molecular formula is C19H19NO2. The maximum atomic E-state index is 5.96. The molecule has 3 aromatic rings. The van der Waals surface area contributed by atoms with Crippen LogP contribution in [0.3, 0.4) is 0 Å². The lowest BCUT2D eigenvalue weighted by atomic mass is 10.0. The van der Waals surface area contributed by atoms with E-state index < -0.39 is 0 Å². The normalized spacial score (nSPS) is 10.6. The molecule has 0 amide bonds. The molecule has 0 aliphatic heterocycles. The second-order valence-electron chi connectivity index (χ2n) is 5.31. The van der Waals surface area contributed by atoms with Gasteiger partial charge in [0, 0.05) is 5.69 Å². The van der Waals surface area contributed by atoms with Gasteiger partial charge in [-0.3, -0.25) is 0 Å². The van der Waals surface area contributed by atoms with Crippen LogP contribution in [0.5, 0.6) is 11.5 Å². The van der Waals surface area contributed by atoms with Crippen LogP contribution in [0.4, 0.5) is 5.69 Å². The van der Waals surface area contributed by atoms with Crippen LogP contribution in [0.1, 0.15) is 11.1 Å². The van der Waals surface area contributed by atoms with Crippen molar-refractivity contribution in [3.63, 3.8) is 0 Å². The maximum absolute atomic E-state index is 5.96. The van der Waals surface area contributed by atoms with Gasteiger partial charge >= 0.3 is 0 Å². The van der Waals surface area contributed by atoms with E-state index in [1.54, 1.807) is 7.11 Å². The predicted octanol–water partition coefficient (Wildman–Crippen LogP) is 4.32. The summed E-state index contributed by atoms with van der Waals surface area (Å²) in [4.78, 5) is 0. The van der Waals surface area contributed by atoms with Crippen LogP contribution >= 0.6 is 0 Å². The summed E-state index contributed by atoms with van der Waals surface area (Å²) in [7, 11) is 1.66. The second kappa shape index (κ2) is 5.98. The predicted molar refractivity (Wildman–Crippen MR) is 90.4 cm³/mol. The van der Waals surface area contributed by atoms with Gasteiger partial charge in [-0.1, -0.05) is 24.3 Å². The number of aryl methyl sites for hydroxylation is 1. The van der Waals surface area contributed by atoms with Gasteiger partial charge in [-0.05, 0) is 59.2 Å². The Morgan fingerprint density at radius 2 is 1.73 bits per heavy atom. The van der Waals surface area contributed by atoms with Crippen LogP contribution in [-0.2, 0) is 6.61 Å². The van der Waals surface area contributed by atoms with E-state index in [4.69, 9.17) is 15.2 Å². The van der Waals surface area contributed by atoms with Gasteiger partial charge in [-0.25, -0.2) is 0 Å². The minimum atomic E-state index is 0.533. The Bertz CT molecular complexity index is 794.